The highest BCUT2D eigenvalue weighted by Crippen LogP contribution is 2.36. The largest absolute Gasteiger partial charge is 0.494 e. The van der Waals surface area contributed by atoms with Gasteiger partial charge in [0, 0.05) is 6.20 Å². The van der Waals surface area contributed by atoms with Crippen molar-refractivity contribution < 1.29 is 14.1 Å². The molecule has 5 nitrogen and oxygen atoms in total. The number of rotatable bonds is 3. The topological polar surface area (TPSA) is 74.4 Å². The molecule has 0 spiro atoms. The zero-order valence-corrected chi connectivity index (χ0v) is 14.4. The summed E-state index contributed by atoms with van der Waals surface area (Å²) in [5.74, 6) is -0.536. The van der Waals surface area contributed by atoms with E-state index in [-0.39, 0.29) is 24.0 Å². The highest BCUT2D eigenvalue weighted by Gasteiger charge is 2.51. The number of primary amides is 1. The lowest BCUT2D eigenvalue weighted by Gasteiger charge is -2.32. The molecular formula is C18H21BN2O3. The Kier molecular flexibility index (Phi) is 3.97. The summed E-state index contributed by atoms with van der Waals surface area (Å²) in [5, 5.41) is 0. The normalized spacial score (nSPS) is 18.6. The van der Waals surface area contributed by atoms with Crippen LogP contribution in [-0.4, -0.2) is 29.2 Å². The molecule has 124 valence electrons. The van der Waals surface area contributed by atoms with Gasteiger partial charge in [-0.05, 0) is 56.4 Å². The quantitative estimate of drug-likeness (QED) is 0.878. The van der Waals surface area contributed by atoms with E-state index >= 15 is 0 Å². The van der Waals surface area contributed by atoms with Crippen molar-refractivity contribution >= 4 is 18.5 Å². The number of hydrogen-bond acceptors (Lipinski definition) is 4. The van der Waals surface area contributed by atoms with Crippen LogP contribution in [0.4, 0.5) is 0 Å². The Hall–Kier alpha value is -2.18. The van der Waals surface area contributed by atoms with E-state index < -0.39 is 5.91 Å². The number of hydrogen-bond donors (Lipinski definition) is 1. The second-order valence-electron chi connectivity index (χ2n) is 7.00. The summed E-state index contributed by atoms with van der Waals surface area (Å²) in [7, 11) is -0.386. The summed E-state index contributed by atoms with van der Waals surface area (Å²) in [6.45, 7) is 8.13. The third-order valence-corrected chi connectivity index (χ3v) is 4.78. The number of nitrogens with zero attached hydrogens (tertiary/aromatic N) is 1. The predicted octanol–water partition coefficient (Wildman–Crippen LogP) is 2.15. The molecule has 0 radical (unpaired) electrons. The summed E-state index contributed by atoms with van der Waals surface area (Å²) in [6.07, 6.45) is 1.58. The number of aromatic nitrogens is 1. The van der Waals surface area contributed by atoms with Crippen LogP contribution in [0.15, 0.2) is 42.6 Å². The lowest BCUT2D eigenvalue weighted by atomic mass is 9.78. The molecule has 1 amide bonds. The number of amides is 1. The summed E-state index contributed by atoms with van der Waals surface area (Å²) in [6, 6.07) is 11.4. The van der Waals surface area contributed by atoms with Crippen molar-refractivity contribution in [3.8, 4) is 11.1 Å². The van der Waals surface area contributed by atoms with Gasteiger partial charge in [0.05, 0.1) is 11.2 Å². The predicted molar refractivity (Wildman–Crippen MR) is 93.9 cm³/mol. The molecular weight excluding hydrogens is 303 g/mol. The van der Waals surface area contributed by atoms with Gasteiger partial charge < -0.3 is 15.0 Å². The van der Waals surface area contributed by atoms with Crippen LogP contribution in [0.3, 0.4) is 0 Å². The van der Waals surface area contributed by atoms with Crippen molar-refractivity contribution in [3.63, 3.8) is 0 Å². The second-order valence-corrected chi connectivity index (χ2v) is 7.00. The number of carbonyl (C=O) groups excluding carboxylic acids is 1. The molecule has 0 unspecified atom stereocenters. The van der Waals surface area contributed by atoms with Crippen molar-refractivity contribution in [1.29, 1.82) is 0 Å². The average Bonchev–Trinajstić information content (AvgIpc) is 2.76. The van der Waals surface area contributed by atoms with Crippen molar-refractivity contribution in [2.24, 2.45) is 5.73 Å². The summed E-state index contributed by atoms with van der Waals surface area (Å²) in [5.41, 5.74) is 7.63. The first-order valence-electron chi connectivity index (χ1n) is 7.91. The van der Waals surface area contributed by atoms with Crippen molar-refractivity contribution in [2.45, 2.75) is 38.9 Å². The van der Waals surface area contributed by atoms with Crippen LogP contribution < -0.4 is 11.2 Å². The van der Waals surface area contributed by atoms with Crippen molar-refractivity contribution in [3.05, 3.63) is 48.3 Å². The van der Waals surface area contributed by atoms with Gasteiger partial charge in [-0.1, -0.05) is 24.3 Å². The highest BCUT2D eigenvalue weighted by molar-refractivity contribution is 6.62. The van der Waals surface area contributed by atoms with Gasteiger partial charge in [-0.25, -0.2) is 0 Å². The minimum atomic E-state index is -0.536. The smallest absolute Gasteiger partial charge is 0.399 e. The summed E-state index contributed by atoms with van der Waals surface area (Å²) in [4.78, 5) is 15.2. The van der Waals surface area contributed by atoms with Gasteiger partial charge >= 0.3 is 7.12 Å². The van der Waals surface area contributed by atoms with Gasteiger partial charge in [-0.15, -0.1) is 0 Å². The molecule has 1 aromatic carbocycles. The van der Waals surface area contributed by atoms with Crippen molar-refractivity contribution in [1.82, 2.24) is 4.98 Å². The molecule has 0 atom stereocenters. The Balaban J connectivity index is 1.84. The second kappa shape index (κ2) is 5.72. The third kappa shape index (κ3) is 2.95. The lowest BCUT2D eigenvalue weighted by Crippen LogP contribution is -2.41. The summed E-state index contributed by atoms with van der Waals surface area (Å²) >= 11 is 0. The van der Waals surface area contributed by atoms with E-state index in [1.807, 2.05) is 58.0 Å². The SMILES string of the molecule is CC1(C)OB(c2ccc(-c3ccnc(C(N)=O)c3)cc2)OC1(C)C. The average molecular weight is 324 g/mol. The zero-order chi connectivity index (χ0) is 17.5. The number of benzene rings is 1. The molecule has 2 aromatic rings. The highest BCUT2D eigenvalue weighted by atomic mass is 16.7. The van der Waals surface area contributed by atoms with Gasteiger partial charge in [0.1, 0.15) is 5.69 Å². The van der Waals surface area contributed by atoms with Crippen LogP contribution in [0.25, 0.3) is 11.1 Å². The molecule has 1 fully saturated rings. The van der Waals surface area contributed by atoms with Crippen LogP contribution in [0.1, 0.15) is 38.2 Å². The number of carbonyl (C=O) groups is 1. The zero-order valence-electron chi connectivity index (χ0n) is 14.4. The molecule has 2 N–H and O–H groups in total. The van der Waals surface area contributed by atoms with Gasteiger partial charge in [0.25, 0.3) is 5.91 Å². The first-order valence-corrected chi connectivity index (χ1v) is 7.91. The first-order chi connectivity index (χ1) is 11.2. The molecule has 0 saturated carbocycles. The molecule has 24 heavy (non-hydrogen) atoms. The molecule has 1 saturated heterocycles. The minimum Gasteiger partial charge on any atom is -0.399 e. The van der Waals surface area contributed by atoms with Crippen LogP contribution >= 0.6 is 0 Å². The fraction of sp³-hybridized carbons (Fsp3) is 0.333. The molecule has 0 bridgehead atoms. The molecule has 1 aliphatic heterocycles. The summed E-state index contributed by atoms with van der Waals surface area (Å²) < 4.78 is 12.1. The number of nitrogens with two attached hydrogens (primary N) is 1. The minimum absolute atomic E-state index is 0.252. The Bertz CT molecular complexity index is 756. The molecule has 3 rings (SSSR count). The maximum Gasteiger partial charge on any atom is 0.494 e. The molecule has 6 heteroatoms. The van der Waals surface area contributed by atoms with Gasteiger partial charge in [0.15, 0.2) is 0 Å². The fourth-order valence-corrected chi connectivity index (χ4v) is 2.56. The van der Waals surface area contributed by atoms with Gasteiger partial charge in [-0.3, -0.25) is 9.78 Å². The van der Waals surface area contributed by atoms with E-state index in [2.05, 4.69) is 4.98 Å². The van der Waals surface area contributed by atoms with E-state index in [1.165, 1.54) is 0 Å². The van der Waals surface area contributed by atoms with Gasteiger partial charge in [0.2, 0.25) is 0 Å². The number of pyridine rings is 1. The molecule has 1 aromatic heterocycles. The van der Waals surface area contributed by atoms with Crippen LogP contribution in [0.5, 0.6) is 0 Å². The standard InChI is InChI=1S/C18H21BN2O3/c1-17(2)18(3,4)24-19(23-17)14-7-5-12(6-8-14)13-9-10-21-15(11-13)16(20)22/h5-11H,1-4H3,(H2,20,22). The third-order valence-electron chi connectivity index (χ3n) is 4.78. The first kappa shape index (κ1) is 16.7. The van der Waals surface area contributed by atoms with Gasteiger partial charge in [-0.2, -0.15) is 0 Å². The van der Waals surface area contributed by atoms with E-state index in [0.29, 0.717) is 0 Å². The Morgan fingerprint density at radius 3 is 2.12 bits per heavy atom. The van der Waals surface area contributed by atoms with E-state index in [9.17, 15) is 4.79 Å². The Morgan fingerprint density at radius 1 is 1.00 bits per heavy atom. The molecule has 2 heterocycles. The van der Waals surface area contributed by atoms with Crippen LogP contribution in [0, 0.1) is 0 Å². The maximum atomic E-state index is 11.3. The molecule has 0 aliphatic carbocycles. The van der Waals surface area contributed by atoms with E-state index in [1.54, 1.807) is 12.3 Å². The maximum absolute atomic E-state index is 11.3. The molecule has 1 aliphatic rings. The lowest BCUT2D eigenvalue weighted by molar-refractivity contribution is 0.00578. The van der Waals surface area contributed by atoms with E-state index in [4.69, 9.17) is 15.0 Å². The Morgan fingerprint density at radius 2 is 1.58 bits per heavy atom. The monoisotopic (exact) mass is 324 g/mol. The Labute approximate surface area is 142 Å². The van der Waals surface area contributed by atoms with Crippen LogP contribution in [0.2, 0.25) is 0 Å². The van der Waals surface area contributed by atoms with Crippen molar-refractivity contribution in [2.75, 3.05) is 0 Å². The van der Waals surface area contributed by atoms with Crippen LogP contribution in [-0.2, 0) is 9.31 Å². The van der Waals surface area contributed by atoms with E-state index in [0.717, 1.165) is 16.6 Å². The fourth-order valence-electron chi connectivity index (χ4n) is 2.56.